The lowest BCUT2D eigenvalue weighted by atomic mass is 9.99. The van der Waals surface area contributed by atoms with E-state index < -0.39 is 61.0 Å². The number of hydrogen-bond acceptors (Lipinski definition) is 14. The van der Waals surface area contributed by atoms with Crippen LogP contribution in [-0.2, 0) is 49.6 Å². The maximum atomic E-state index is 13.2. The Morgan fingerprint density at radius 1 is 1.02 bits per heavy atom. The van der Waals surface area contributed by atoms with Crippen molar-refractivity contribution in [1.82, 2.24) is 20.9 Å². The van der Waals surface area contributed by atoms with Gasteiger partial charge in [-0.15, -0.1) is 0 Å². The van der Waals surface area contributed by atoms with Crippen LogP contribution in [0.3, 0.4) is 0 Å². The van der Waals surface area contributed by atoms with E-state index in [1.807, 2.05) is 0 Å². The zero-order valence-corrected chi connectivity index (χ0v) is 30.3. The van der Waals surface area contributed by atoms with E-state index in [1.165, 1.54) is 23.1 Å². The fourth-order valence-corrected chi connectivity index (χ4v) is 5.89. The molecule has 300 valence electrons. The predicted molar refractivity (Wildman–Crippen MR) is 187 cm³/mol. The van der Waals surface area contributed by atoms with Crippen molar-refractivity contribution in [3.8, 4) is 5.75 Å². The second kappa shape index (κ2) is 21.9. The molecular weight excluding hydrogens is 714 g/mol. The summed E-state index contributed by atoms with van der Waals surface area (Å²) in [6, 6.07) is 3.08. The summed E-state index contributed by atoms with van der Waals surface area (Å²) in [4.78, 5) is 86.8. The molecule has 2 unspecified atom stereocenters. The zero-order chi connectivity index (χ0) is 40.7. The lowest BCUT2D eigenvalue weighted by Crippen LogP contribution is -2.61. The molecule has 0 spiro atoms. The molecule has 2 heterocycles. The third-order valence-electron chi connectivity index (χ3n) is 8.90. The number of likely N-dealkylation sites (tertiary alicyclic amines) is 1. The van der Waals surface area contributed by atoms with Crippen LogP contribution >= 0.6 is 0 Å². The van der Waals surface area contributed by atoms with E-state index >= 15 is 0 Å². The van der Waals surface area contributed by atoms with E-state index in [2.05, 4.69) is 26.0 Å². The number of carbonyl (C=O) groups excluding carboxylic acids is 6. The Kier molecular flexibility index (Phi) is 17.0. The van der Waals surface area contributed by atoms with Crippen LogP contribution in [0.1, 0.15) is 71.6 Å². The average molecular weight is 767 g/mol. The topological polar surface area (TPSA) is 279 Å². The molecule has 19 heteroatoms. The first-order valence-electron chi connectivity index (χ1n) is 18.3. The number of aliphatic hydroxyl groups is 3. The van der Waals surface area contributed by atoms with Crippen LogP contribution in [0.15, 0.2) is 18.2 Å². The van der Waals surface area contributed by atoms with E-state index in [9.17, 15) is 54.0 Å². The van der Waals surface area contributed by atoms with Gasteiger partial charge in [0.25, 0.3) is 6.45 Å². The number of carboxylic acid groups (broad SMARTS) is 1. The number of anilines is 1. The van der Waals surface area contributed by atoms with Gasteiger partial charge in [-0.1, -0.05) is 19.4 Å². The molecule has 19 nitrogen and oxygen atoms in total. The summed E-state index contributed by atoms with van der Waals surface area (Å²) >= 11 is 0. The van der Waals surface area contributed by atoms with Crippen molar-refractivity contribution in [2.75, 3.05) is 32.0 Å². The SMILES string of the molecule is [2H]C(=O)OCc1ccc(O[C@@H]2O[C@H](C(=O)O)[C@@H](O)[C@H](O)[C@H]2O)c(NC(=O)CCNC(=O)C(CCCCNC)NC(=O)CCCCCN2C(=O)CC(C)C2=O)c1. The van der Waals surface area contributed by atoms with Gasteiger partial charge in [-0.2, -0.15) is 0 Å². The number of hydrogen-bond donors (Lipinski definition) is 8. The fraction of sp³-hybridized carbons (Fsp3) is 0.629. The molecule has 54 heavy (non-hydrogen) atoms. The summed E-state index contributed by atoms with van der Waals surface area (Å²) in [6.45, 7) is 2.20. The number of nitrogens with zero attached hydrogens (tertiary/aromatic N) is 1. The number of unbranched alkanes of at least 4 members (excludes halogenated alkanes) is 3. The second-order valence-corrected chi connectivity index (χ2v) is 13.2. The van der Waals surface area contributed by atoms with Crippen molar-refractivity contribution in [1.29, 1.82) is 0 Å². The lowest BCUT2D eigenvalue weighted by Gasteiger charge is -2.38. The first kappa shape index (κ1) is 42.1. The number of aliphatic hydroxyl groups excluding tert-OH is 3. The highest BCUT2D eigenvalue weighted by Gasteiger charge is 2.48. The Morgan fingerprint density at radius 3 is 2.44 bits per heavy atom. The molecule has 2 aliphatic heterocycles. The number of rotatable bonds is 22. The van der Waals surface area contributed by atoms with Crippen LogP contribution in [0.4, 0.5) is 5.69 Å². The van der Waals surface area contributed by atoms with Gasteiger partial charge in [0.1, 0.15) is 36.7 Å². The number of carbonyl (C=O) groups is 7. The Hall–Kier alpha value is -4.69. The maximum Gasteiger partial charge on any atom is 0.335 e. The Labute approximate surface area is 313 Å². The van der Waals surface area contributed by atoms with Crippen LogP contribution in [0.2, 0.25) is 0 Å². The Balaban J connectivity index is 1.57. The van der Waals surface area contributed by atoms with Crippen LogP contribution in [0, 0.1) is 5.92 Å². The van der Waals surface area contributed by atoms with E-state index in [1.54, 1.807) is 14.0 Å². The number of nitrogens with one attached hydrogen (secondary N) is 4. The van der Waals surface area contributed by atoms with Crippen molar-refractivity contribution < 1.29 is 69.6 Å². The van der Waals surface area contributed by atoms with Gasteiger partial charge in [-0.3, -0.25) is 33.7 Å². The monoisotopic (exact) mass is 766 g/mol. The van der Waals surface area contributed by atoms with E-state index in [4.69, 9.17) is 10.8 Å². The third-order valence-corrected chi connectivity index (χ3v) is 8.90. The first-order chi connectivity index (χ1) is 26.1. The fourth-order valence-electron chi connectivity index (χ4n) is 5.89. The minimum atomic E-state index is -1.97. The summed E-state index contributed by atoms with van der Waals surface area (Å²) in [5.41, 5.74) is 0.227. The highest BCUT2D eigenvalue weighted by molar-refractivity contribution is 6.03. The largest absolute Gasteiger partial charge is 0.479 e. The number of imide groups is 1. The molecule has 7 atom stereocenters. The highest BCUT2D eigenvalue weighted by atomic mass is 16.7. The Bertz CT molecular complexity index is 1530. The van der Waals surface area contributed by atoms with Gasteiger partial charge in [-0.05, 0) is 63.4 Å². The molecule has 0 aliphatic carbocycles. The average Bonchev–Trinajstić information content (AvgIpc) is 3.38. The van der Waals surface area contributed by atoms with Gasteiger partial charge in [0.15, 0.2) is 7.47 Å². The van der Waals surface area contributed by atoms with Crippen molar-refractivity contribution in [3.05, 3.63) is 23.8 Å². The minimum absolute atomic E-state index is 0.0685. The number of aliphatic carboxylic acids is 1. The molecule has 2 saturated heterocycles. The van der Waals surface area contributed by atoms with Crippen LogP contribution in [0.5, 0.6) is 5.75 Å². The molecular formula is C35H51N5O14. The van der Waals surface area contributed by atoms with Gasteiger partial charge in [0, 0.05) is 38.3 Å². The van der Waals surface area contributed by atoms with Gasteiger partial charge >= 0.3 is 5.97 Å². The van der Waals surface area contributed by atoms with E-state index in [0.29, 0.717) is 50.8 Å². The molecule has 0 radical (unpaired) electrons. The molecule has 0 bridgehead atoms. The predicted octanol–water partition coefficient (Wildman–Crippen LogP) is -1.09. The second-order valence-electron chi connectivity index (χ2n) is 13.2. The summed E-state index contributed by atoms with van der Waals surface area (Å²) in [7, 11) is 1.79. The van der Waals surface area contributed by atoms with Gasteiger partial charge in [0.05, 0.1) is 5.69 Å². The molecule has 5 amide bonds. The van der Waals surface area contributed by atoms with Gasteiger partial charge in [-0.25, -0.2) is 4.79 Å². The third kappa shape index (κ3) is 13.0. The van der Waals surface area contributed by atoms with Crippen molar-refractivity contribution in [2.24, 2.45) is 5.92 Å². The summed E-state index contributed by atoms with van der Waals surface area (Å²) in [5, 5.41) is 50.9. The normalized spacial score (nSPS) is 23.3. The standard InChI is InChI=1S/C35H51N5O14/c1-20-16-27(44)40(33(20)49)15-7-3-4-9-25(42)38-22(8-5-6-13-36-2)32(48)37-14-12-26(43)39-23-17-21(18-52-19-41)10-11-24(23)53-35-30(47)28(45)29(46)31(54-35)34(50)51/h10-11,17,19-20,22,28-31,35-36,45-47H,3-9,12-16,18H2,1-2H3,(H,37,48)(H,38,42)(H,39,43)(H,50,51)/t20?,22?,28-,29-,30+,31-,35+/m0/s1/i19D. The van der Waals surface area contributed by atoms with Crippen molar-refractivity contribution in [3.63, 3.8) is 0 Å². The minimum Gasteiger partial charge on any atom is -0.479 e. The summed E-state index contributed by atoms with van der Waals surface area (Å²) in [6.07, 6.45) is -7.49. The molecule has 1 aromatic rings. The molecule has 3 rings (SSSR count). The van der Waals surface area contributed by atoms with Crippen molar-refractivity contribution >= 4 is 47.6 Å². The number of carboxylic acids is 1. The molecule has 0 aromatic heterocycles. The zero-order valence-electron chi connectivity index (χ0n) is 31.3. The molecule has 1 aromatic carbocycles. The van der Waals surface area contributed by atoms with Crippen LogP contribution < -0.4 is 26.0 Å². The lowest BCUT2D eigenvalue weighted by molar-refractivity contribution is -0.271. The quantitative estimate of drug-likeness (QED) is 0.0395. The molecule has 2 fully saturated rings. The van der Waals surface area contributed by atoms with Crippen LogP contribution in [-0.4, -0.2) is 131 Å². The summed E-state index contributed by atoms with van der Waals surface area (Å²) in [5.74, 6) is -4.00. The highest BCUT2D eigenvalue weighted by Crippen LogP contribution is 2.31. The van der Waals surface area contributed by atoms with E-state index in [-0.39, 0.29) is 67.5 Å². The van der Waals surface area contributed by atoms with Gasteiger partial charge < -0.3 is 55.9 Å². The Morgan fingerprint density at radius 2 is 1.78 bits per heavy atom. The maximum absolute atomic E-state index is 13.2. The van der Waals surface area contributed by atoms with Crippen molar-refractivity contribution in [2.45, 2.75) is 108 Å². The summed E-state index contributed by atoms with van der Waals surface area (Å²) < 4.78 is 22.4. The molecule has 2 aliphatic rings. The molecule has 0 saturated carbocycles. The number of amides is 5. The first-order valence-corrected chi connectivity index (χ1v) is 17.8. The smallest absolute Gasteiger partial charge is 0.335 e. The number of benzene rings is 1. The van der Waals surface area contributed by atoms with Gasteiger partial charge in [0.2, 0.25) is 35.8 Å². The molecule has 8 N–H and O–H groups in total. The van der Waals surface area contributed by atoms with E-state index in [0.717, 1.165) is 6.42 Å². The number of ether oxygens (including phenoxy) is 3. The van der Waals surface area contributed by atoms with Crippen LogP contribution in [0.25, 0.3) is 0 Å².